The lowest BCUT2D eigenvalue weighted by atomic mass is 9.67. The minimum Gasteiger partial charge on any atom is -0.0880 e. The van der Waals surface area contributed by atoms with Crippen LogP contribution >= 0.6 is 0 Å². The van der Waals surface area contributed by atoms with Gasteiger partial charge in [-0.25, -0.2) is 0 Å². The van der Waals surface area contributed by atoms with Crippen LogP contribution in [0.25, 0.3) is 0 Å². The molecule has 1 saturated carbocycles. The molecule has 2 rings (SSSR count). The summed E-state index contributed by atoms with van der Waals surface area (Å²) in [6, 6.07) is 0. The van der Waals surface area contributed by atoms with E-state index in [2.05, 4.69) is 12.2 Å². The van der Waals surface area contributed by atoms with Crippen molar-refractivity contribution in [2.24, 2.45) is 5.41 Å². The van der Waals surface area contributed by atoms with Crippen molar-refractivity contribution in [3.63, 3.8) is 0 Å². The van der Waals surface area contributed by atoms with Gasteiger partial charge >= 0.3 is 0 Å². The number of hydrogen-bond donors (Lipinski definition) is 0. The summed E-state index contributed by atoms with van der Waals surface area (Å²) in [5.41, 5.74) is 0.806. The molecule has 0 saturated heterocycles. The van der Waals surface area contributed by atoms with Crippen molar-refractivity contribution in [1.29, 1.82) is 0 Å². The van der Waals surface area contributed by atoms with Crippen LogP contribution < -0.4 is 0 Å². The first-order valence-electron chi connectivity index (χ1n) is 3.56. The molecular formula is C8H12. The average molecular weight is 108 g/mol. The molecule has 0 heteroatoms. The van der Waals surface area contributed by atoms with Crippen LogP contribution in [-0.4, -0.2) is 0 Å². The lowest BCUT2D eigenvalue weighted by Crippen LogP contribution is -2.25. The Hall–Kier alpha value is -0.260. The van der Waals surface area contributed by atoms with E-state index in [1.165, 1.54) is 32.1 Å². The van der Waals surface area contributed by atoms with Crippen molar-refractivity contribution >= 4 is 0 Å². The van der Waals surface area contributed by atoms with Gasteiger partial charge in [0.1, 0.15) is 0 Å². The Morgan fingerprint density at radius 2 is 1.62 bits per heavy atom. The van der Waals surface area contributed by atoms with Crippen molar-refractivity contribution in [3.8, 4) is 0 Å². The van der Waals surface area contributed by atoms with Gasteiger partial charge in [0.15, 0.2) is 0 Å². The van der Waals surface area contributed by atoms with Crippen LogP contribution in [0.5, 0.6) is 0 Å². The summed E-state index contributed by atoms with van der Waals surface area (Å²) in [6.45, 7) is 0. The molecule has 0 unspecified atom stereocenters. The zero-order valence-electron chi connectivity index (χ0n) is 5.19. The third-order valence-corrected chi connectivity index (χ3v) is 2.68. The minimum absolute atomic E-state index is 0.806. The normalized spacial score (nSPS) is 31.0. The zero-order chi connectivity index (χ0) is 5.45. The Balaban J connectivity index is 2.06. The summed E-state index contributed by atoms with van der Waals surface area (Å²) in [7, 11) is 0. The molecule has 2 aliphatic rings. The second-order valence-electron chi connectivity index (χ2n) is 3.23. The third kappa shape index (κ3) is 0.460. The van der Waals surface area contributed by atoms with Crippen LogP contribution in [0.4, 0.5) is 0 Å². The van der Waals surface area contributed by atoms with E-state index in [0.717, 1.165) is 5.41 Å². The molecule has 0 N–H and O–H groups in total. The Morgan fingerprint density at radius 1 is 1.00 bits per heavy atom. The fourth-order valence-corrected chi connectivity index (χ4v) is 1.84. The van der Waals surface area contributed by atoms with E-state index in [4.69, 9.17) is 0 Å². The Kier molecular flexibility index (Phi) is 0.787. The number of allylic oxidation sites excluding steroid dienone is 2. The predicted octanol–water partition coefficient (Wildman–Crippen LogP) is 2.51. The SMILES string of the molecule is C1=CCC2(C1)CCC2. The van der Waals surface area contributed by atoms with Crippen LogP contribution in [0, 0.1) is 5.41 Å². The quantitative estimate of drug-likeness (QED) is 0.418. The highest BCUT2D eigenvalue weighted by Gasteiger charge is 2.36. The molecule has 0 atom stereocenters. The van der Waals surface area contributed by atoms with Crippen molar-refractivity contribution in [3.05, 3.63) is 12.2 Å². The Morgan fingerprint density at radius 3 is 1.88 bits per heavy atom. The van der Waals surface area contributed by atoms with Gasteiger partial charge in [-0.2, -0.15) is 0 Å². The van der Waals surface area contributed by atoms with E-state index in [-0.39, 0.29) is 0 Å². The molecule has 0 aliphatic heterocycles. The van der Waals surface area contributed by atoms with E-state index in [1.807, 2.05) is 0 Å². The number of hydrogen-bond acceptors (Lipinski definition) is 0. The summed E-state index contributed by atoms with van der Waals surface area (Å²) in [6.07, 6.45) is 11.9. The monoisotopic (exact) mass is 108 g/mol. The van der Waals surface area contributed by atoms with E-state index in [0.29, 0.717) is 0 Å². The molecule has 0 amide bonds. The molecule has 2 aliphatic carbocycles. The van der Waals surface area contributed by atoms with Crippen LogP contribution in [0.3, 0.4) is 0 Å². The van der Waals surface area contributed by atoms with Crippen LogP contribution in [0.2, 0.25) is 0 Å². The highest BCUT2D eigenvalue weighted by Crippen LogP contribution is 2.50. The van der Waals surface area contributed by atoms with Crippen molar-refractivity contribution in [2.75, 3.05) is 0 Å². The van der Waals surface area contributed by atoms with Gasteiger partial charge < -0.3 is 0 Å². The molecule has 0 heterocycles. The van der Waals surface area contributed by atoms with Gasteiger partial charge in [0.2, 0.25) is 0 Å². The molecule has 1 spiro atoms. The molecule has 0 radical (unpaired) electrons. The Bertz CT molecular complexity index is 108. The largest absolute Gasteiger partial charge is 0.0880 e. The van der Waals surface area contributed by atoms with Gasteiger partial charge in [0, 0.05) is 0 Å². The second kappa shape index (κ2) is 1.37. The molecule has 1 fully saturated rings. The van der Waals surface area contributed by atoms with Gasteiger partial charge in [-0.1, -0.05) is 18.6 Å². The summed E-state index contributed by atoms with van der Waals surface area (Å²) < 4.78 is 0. The topological polar surface area (TPSA) is 0 Å². The summed E-state index contributed by atoms with van der Waals surface area (Å²) in [5, 5.41) is 0. The van der Waals surface area contributed by atoms with Gasteiger partial charge in [0.05, 0.1) is 0 Å². The van der Waals surface area contributed by atoms with Crippen molar-refractivity contribution < 1.29 is 0 Å². The third-order valence-electron chi connectivity index (χ3n) is 2.68. The molecule has 0 aromatic carbocycles. The first kappa shape index (κ1) is 4.60. The van der Waals surface area contributed by atoms with E-state index >= 15 is 0 Å². The molecule has 0 bridgehead atoms. The smallest absolute Gasteiger partial charge is 0.0228 e. The highest BCUT2D eigenvalue weighted by molar-refractivity contribution is 5.06. The van der Waals surface area contributed by atoms with E-state index < -0.39 is 0 Å². The average Bonchev–Trinajstić information content (AvgIpc) is 2.07. The fraction of sp³-hybridized carbons (Fsp3) is 0.750. The fourth-order valence-electron chi connectivity index (χ4n) is 1.84. The predicted molar refractivity (Wildman–Crippen MR) is 34.7 cm³/mol. The maximum atomic E-state index is 2.35. The number of rotatable bonds is 0. The van der Waals surface area contributed by atoms with Gasteiger partial charge in [-0.15, -0.1) is 0 Å². The molecule has 0 aromatic rings. The summed E-state index contributed by atoms with van der Waals surface area (Å²) >= 11 is 0. The van der Waals surface area contributed by atoms with Gasteiger partial charge in [-0.05, 0) is 31.1 Å². The highest BCUT2D eigenvalue weighted by atomic mass is 14.4. The van der Waals surface area contributed by atoms with Gasteiger partial charge in [0.25, 0.3) is 0 Å². The molecule has 8 heavy (non-hydrogen) atoms. The maximum Gasteiger partial charge on any atom is -0.0228 e. The van der Waals surface area contributed by atoms with Crippen LogP contribution in [0.15, 0.2) is 12.2 Å². The second-order valence-corrected chi connectivity index (χ2v) is 3.23. The maximum absolute atomic E-state index is 2.35. The van der Waals surface area contributed by atoms with Crippen molar-refractivity contribution in [1.82, 2.24) is 0 Å². The first-order chi connectivity index (χ1) is 3.91. The van der Waals surface area contributed by atoms with Gasteiger partial charge in [-0.3, -0.25) is 0 Å². The van der Waals surface area contributed by atoms with Crippen molar-refractivity contribution in [2.45, 2.75) is 32.1 Å². The molecule has 0 aromatic heterocycles. The molecular weight excluding hydrogens is 96.1 g/mol. The van der Waals surface area contributed by atoms with E-state index in [1.54, 1.807) is 0 Å². The molecule has 44 valence electrons. The lowest BCUT2D eigenvalue weighted by molar-refractivity contribution is 0.153. The van der Waals surface area contributed by atoms with Crippen LogP contribution in [0.1, 0.15) is 32.1 Å². The Labute approximate surface area is 50.6 Å². The minimum atomic E-state index is 0.806. The zero-order valence-corrected chi connectivity index (χ0v) is 5.19. The standard InChI is InChI=1S/C8H12/c1-2-5-8(4-1)6-3-7-8/h1-2H,3-7H2. The van der Waals surface area contributed by atoms with E-state index in [9.17, 15) is 0 Å². The lowest BCUT2D eigenvalue weighted by Gasteiger charge is -2.38. The summed E-state index contributed by atoms with van der Waals surface area (Å²) in [4.78, 5) is 0. The first-order valence-corrected chi connectivity index (χ1v) is 3.56. The summed E-state index contributed by atoms with van der Waals surface area (Å²) in [5.74, 6) is 0. The molecule has 0 nitrogen and oxygen atoms in total. The van der Waals surface area contributed by atoms with Crippen LogP contribution in [-0.2, 0) is 0 Å².